The molecule has 112 valence electrons. The van der Waals surface area contributed by atoms with Crippen molar-refractivity contribution < 1.29 is 9.53 Å². The Labute approximate surface area is 137 Å². The Morgan fingerprint density at radius 2 is 1.90 bits per heavy atom. The first-order valence-corrected chi connectivity index (χ1v) is 8.27. The number of carbonyl (C=O) groups excluding carboxylic acids is 1. The lowest BCUT2D eigenvalue weighted by atomic mass is 10.0. The summed E-state index contributed by atoms with van der Waals surface area (Å²) in [5.74, 6) is 0.332. The minimum absolute atomic E-state index is 0.290. The molecule has 0 aliphatic rings. The number of benzene rings is 1. The van der Waals surface area contributed by atoms with Gasteiger partial charge in [-0.15, -0.1) is 0 Å². The lowest BCUT2D eigenvalue weighted by Gasteiger charge is -2.20. The maximum Gasteiger partial charge on any atom is 0.340 e. The molecule has 0 aliphatic heterocycles. The zero-order chi connectivity index (χ0) is 15.3. The monoisotopic (exact) mass is 405 g/mol. The second-order valence-electron chi connectivity index (χ2n) is 5.32. The van der Waals surface area contributed by atoms with Crippen LogP contribution < -0.4 is 5.32 Å². The summed E-state index contributed by atoms with van der Waals surface area (Å²) < 4.78 is 6.53. The van der Waals surface area contributed by atoms with Crippen LogP contribution >= 0.6 is 31.9 Å². The van der Waals surface area contributed by atoms with Gasteiger partial charge in [-0.2, -0.15) is 0 Å². The van der Waals surface area contributed by atoms with Gasteiger partial charge in [0.25, 0.3) is 0 Å². The molecule has 0 radical (unpaired) electrons. The maximum absolute atomic E-state index is 11.9. The molecule has 0 saturated heterocycles. The molecule has 1 rings (SSSR count). The van der Waals surface area contributed by atoms with Crippen molar-refractivity contribution >= 4 is 43.5 Å². The molecule has 0 spiro atoms. The first-order valence-electron chi connectivity index (χ1n) is 6.69. The number of nitrogens with one attached hydrogen (secondary N) is 1. The fraction of sp³-hybridized carbons (Fsp3) is 0.533. The van der Waals surface area contributed by atoms with Crippen LogP contribution in [-0.4, -0.2) is 19.1 Å². The summed E-state index contributed by atoms with van der Waals surface area (Å²) in [6.45, 7) is 6.54. The van der Waals surface area contributed by atoms with E-state index < -0.39 is 0 Å². The van der Waals surface area contributed by atoms with Crippen LogP contribution in [0.3, 0.4) is 0 Å². The number of ether oxygens (including phenoxy) is 1. The SMILES string of the molecule is COC(=O)c1cc(Br)cc(Br)c1NC(C)CCC(C)C. The third kappa shape index (κ3) is 5.09. The number of carbonyl (C=O) groups is 1. The van der Waals surface area contributed by atoms with Crippen LogP contribution in [0.2, 0.25) is 0 Å². The fourth-order valence-corrected chi connectivity index (χ4v) is 3.23. The topological polar surface area (TPSA) is 38.3 Å². The summed E-state index contributed by atoms with van der Waals surface area (Å²) in [6.07, 6.45) is 2.21. The van der Waals surface area contributed by atoms with Crippen molar-refractivity contribution in [3.63, 3.8) is 0 Å². The fourth-order valence-electron chi connectivity index (χ4n) is 1.89. The van der Waals surface area contributed by atoms with Crippen molar-refractivity contribution in [3.8, 4) is 0 Å². The zero-order valence-corrected chi connectivity index (χ0v) is 15.5. The summed E-state index contributed by atoms with van der Waals surface area (Å²) in [5, 5.41) is 3.41. The highest BCUT2D eigenvalue weighted by atomic mass is 79.9. The van der Waals surface area contributed by atoms with Gasteiger partial charge in [0.1, 0.15) is 0 Å². The number of anilines is 1. The quantitative estimate of drug-likeness (QED) is 0.656. The van der Waals surface area contributed by atoms with Gasteiger partial charge in [0.15, 0.2) is 0 Å². The summed E-state index contributed by atoms with van der Waals surface area (Å²) in [7, 11) is 1.39. The van der Waals surface area contributed by atoms with Gasteiger partial charge < -0.3 is 10.1 Å². The van der Waals surface area contributed by atoms with E-state index in [1.165, 1.54) is 7.11 Å². The van der Waals surface area contributed by atoms with Crippen LogP contribution in [0.4, 0.5) is 5.69 Å². The van der Waals surface area contributed by atoms with E-state index in [1.807, 2.05) is 6.07 Å². The number of hydrogen-bond donors (Lipinski definition) is 1. The van der Waals surface area contributed by atoms with Gasteiger partial charge in [0, 0.05) is 15.0 Å². The molecule has 20 heavy (non-hydrogen) atoms. The third-order valence-electron chi connectivity index (χ3n) is 3.03. The van der Waals surface area contributed by atoms with Crippen LogP contribution in [-0.2, 0) is 4.74 Å². The molecular weight excluding hydrogens is 386 g/mol. The van der Waals surface area contributed by atoms with Crippen LogP contribution in [0.5, 0.6) is 0 Å². The van der Waals surface area contributed by atoms with E-state index in [-0.39, 0.29) is 5.97 Å². The maximum atomic E-state index is 11.9. The van der Waals surface area contributed by atoms with E-state index >= 15 is 0 Å². The molecule has 0 bridgehead atoms. The summed E-state index contributed by atoms with van der Waals surface area (Å²) in [5.41, 5.74) is 1.32. The number of hydrogen-bond acceptors (Lipinski definition) is 3. The largest absolute Gasteiger partial charge is 0.465 e. The molecule has 0 amide bonds. The molecule has 1 aromatic rings. The molecule has 5 heteroatoms. The molecule has 1 N–H and O–H groups in total. The first kappa shape index (κ1) is 17.5. The van der Waals surface area contributed by atoms with E-state index in [2.05, 4.69) is 57.9 Å². The number of esters is 1. The Hall–Kier alpha value is -0.550. The van der Waals surface area contributed by atoms with Crippen LogP contribution in [0.25, 0.3) is 0 Å². The lowest BCUT2D eigenvalue weighted by Crippen LogP contribution is -2.19. The minimum atomic E-state index is -0.342. The lowest BCUT2D eigenvalue weighted by molar-refractivity contribution is 0.0601. The van der Waals surface area contributed by atoms with Gasteiger partial charge in [-0.1, -0.05) is 29.8 Å². The normalized spacial score (nSPS) is 12.3. The molecule has 0 fully saturated rings. The Balaban J connectivity index is 2.95. The van der Waals surface area contributed by atoms with Crippen molar-refractivity contribution in [2.75, 3.05) is 12.4 Å². The van der Waals surface area contributed by atoms with E-state index in [4.69, 9.17) is 4.74 Å². The predicted octanol–water partition coefficient (Wildman–Crippen LogP) is 5.23. The minimum Gasteiger partial charge on any atom is -0.465 e. The van der Waals surface area contributed by atoms with E-state index in [0.29, 0.717) is 17.5 Å². The van der Waals surface area contributed by atoms with E-state index in [9.17, 15) is 4.79 Å². The first-order chi connectivity index (χ1) is 9.35. The molecular formula is C15H21Br2NO2. The smallest absolute Gasteiger partial charge is 0.340 e. The Kier molecular flexibility index (Phi) is 7.03. The average Bonchev–Trinajstić information content (AvgIpc) is 2.38. The molecule has 0 aromatic heterocycles. The highest BCUT2D eigenvalue weighted by molar-refractivity contribution is 9.11. The molecule has 1 aromatic carbocycles. The van der Waals surface area contributed by atoms with Crippen LogP contribution in [0, 0.1) is 5.92 Å². The summed E-state index contributed by atoms with van der Waals surface area (Å²) in [4.78, 5) is 11.9. The van der Waals surface area contributed by atoms with Crippen molar-refractivity contribution in [3.05, 3.63) is 26.6 Å². The van der Waals surface area contributed by atoms with Gasteiger partial charge >= 0.3 is 5.97 Å². The number of methoxy groups -OCH3 is 1. The van der Waals surface area contributed by atoms with Gasteiger partial charge in [0.05, 0.1) is 18.4 Å². The van der Waals surface area contributed by atoms with Gasteiger partial charge in [-0.05, 0) is 53.7 Å². The molecule has 0 saturated carbocycles. The highest BCUT2D eigenvalue weighted by Gasteiger charge is 2.17. The third-order valence-corrected chi connectivity index (χ3v) is 4.11. The van der Waals surface area contributed by atoms with Gasteiger partial charge in [-0.3, -0.25) is 0 Å². The van der Waals surface area contributed by atoms with Crippen molar-refractivity contribution in [2.45, 2.75) is 39.7 Å². The summed E-state index contributed by atoms with van der Waals surface area (Å²) in [6, 6.07) is 3.98. The molecule has 0 aliphatic carbocycles. The molecule has 1 unspecified atom stereocenters. The standard InChI is InChI=1S/C15H21Br2NO2/c1-9(2)5-6-10(3)18-14-12(15(19)20-4)7-11(16)8-13(14)17/h7-10,18H,5-6H2,1-4H3. The van der Waals surface area contributed by atoms with Crippen LogP contribution in [0.15, 0.2) is 21.1 Å². The van der Waals surface area contributed by atoms with E-state index in [1.54, 1.807) is 6.07 Å². The van der Waals surface area contributed by atoms with Crippen molar-refractivity contribution in [1.82, 2.24) is 0 Å². The summed E-state index contributed by atoms with van der Waals surface area (Å²) >= 11 is 6.90. The predicted molar refractivity (Wildman–Crippen MR) is 90.3 cm³/mol. The molecule has 3 nitrogen and oxygen atoms in total. The van der Waals surface area contributed by atoms with E-state index in [0.717, 1.165) is 27.5 Å². The Morgan fingerprint density at radius 3 is 2.45 bits per heavy atom. The highest BCUT2D eigenvalue weighted by Crippen LogP contribution is 2.32. The number of rotatable bonds is 6. The molecule has 0 heterocycles. The zero-order valence-electron chi connectivity index (χ0n) is 12.3. The second-order valence-corrected chi connectivity index (χ2v) is 7.09. The van der Waals surface area contributed by atoms with Crippen LogP contribution in [0.1, 0.15) is 44.0 Å². The van der Waals surface area contributed by atoms with Crippen molar-refractivity contribution in [2.24, 2.45) is 5.92 Å². The van der Waals surface area contributed by atoms with Gasteiger partial charge in [-0.25, -0.2) is 4.79 Å². The number of halogens is 2. The molecule has 1 atom stereocenters. The Bertz CT molecular complexity index is 475. The van der Waals surface area contributed by atoms with Gasteiger partial charge in [0.2, 0.25) is 0 Å². The second kappa shape index (κ2) is 8.03. The van der Waals surface area contributed by atoms with Crippen molar-refractivity contribution in [1.29, 1.82) is 0 Å². The Morgan fingerprint density at radius 1 is 1.25 bits per heavy atom. The average molecular weight is 407 g/mol.